The molecule has 34 heavy (non-hydrogen) atoms. The van der Waals surface area contributed by atoms with E-state index in [2.05, 4.69) is 11.0 Å². The molecule has 0 aliphatic carbocycles. The molecule has 0 spiro atoms. The molecule has 1 saturated heterocycles. The zero-order valence-corrected chi connectivity index (χ0v) is 19.2. The number of nitrogens with zero attached hydrogens (tertiary/aromatic N) is 4. The highest BCUT2D eigenvalue weighted by molar-refractivity contribution is 5.75. The quantitative estimate of drug-likeness (QED) is 0.681. The molecule has 0 bridgehead atoms. The predicted octanol–water partition coefficient (Wildman–Crippen LogP) is 3.51. The van der Waals surface area contributed by atoms with Crippen molar-refractivity contribution < 1.29 is 23.0 Å². The second kappa shape index (κ2) is 9.66. The lowest BCUT2D eigenvalue weighted by atomic mass is 10.0. The summed E-state index contributed by atoms with van der Waals surface area (Å²) in [5.74, 6) is -0.322. The SMILES string of the molecule is CC(=O)N1CCc2nc(N3CCC(Oc4ccc(F)cc4F)CC3)c(C3=CCOCC3)nc2C1. The van der Waals surface area contributed by atoms with Crippen LogP contribution in [-0.2, 0) is 22.5 Å². The van der Waals surface area contributed by atoms with Crippen molar-refractivity contribution in [2.24, 2.45) is 0 Å². The third-order valence-electron chi connectivity index (χ3n) is 6.63. The van der Waals surface area contributed by atoms with Gasteiger partial charge in [0, 0.05) is 51.9 Å². The van der Waals surface area contributed by atoms with Crippen LogP contribution in [0.4, 0.5) is 14.6 Å². The molecule has 3 aliphatic heterocycles. The van der Waals surface area contributed by atoms with Crippen LogP contribution in [0.5, 0.6) is 5.75 Å². The van der Waals surface area contributed by atoms with Crippen molar-refractivity contribution in [1.82, 2.24) is 14.9 Å². The molecule has 9 heteroatoms. The standard InChI is InChI=1S/C25H28F2N4O3/c1-16(32)31-11-6-21-22(15-31)28-24(17-7-12-33-13-8-17)25(29-21)30-9-4-19(5-10-30)34-23-3-2-18(26)14-20(23)27/h2-3,7,14,19H,4-6,8-13,15H2,1H3. The van der Waals surface area contributed by atoms with Crippen LogP contribution in [0.15, 0.2) is 24.3 Å². The minimum absolute atomic E-state index is 0.0445. The Morgan fingerprint density at radius 2 is 1.94 bits per heavy atom. The van der Waals surface area contributed by atoms with Gasteiger partial charge in [0.15, 0.2) is 17.4 Å². The van der Waals surface area contributed by atoms with Gasteiger partial charge >= 0.3 is 0 Å². The molecule has 0 unspecified atom stereocenters. The van der Waals surface area contributed by atoms with Crippen LogP contribution < -0.4 is 9.64 Å². The van der Waals surface area contributed by atoms with Gasteiger partial charge in [-0.25, -0.2) is 18.7 Å². The van der Waals surface area contributed by atoms with Gasteiger partial charge < -0.3 is 19.3 Å². The fraction of sp³-hybridized carbons (Fsp3) is 0.480. The van der Waals surface area contributed by atoms with Crippen molar-refractivity contribution in [2.75, 3.05) is 37.7 Å². The predicted molar refractivity (Wildman–Crippen MR) is 122 cm³/mol. The van der Waals surface area contributed by atoms with Gasteiger partial charge in [-0.2, -0.15) is 0 Å². The third kappa shape index (κ3) is 4.75. The lowest BCUT2D eigenvalue weighted by molar-refractivity contribution is -0.129. The van der Waals surface area contributed by atoms with Gasteiger partial charge in [0.25, 0.3) is 0 Å². The zero-order valence-electron chi connectivity index (χ0n) is 19.2. The lowest BCUT2D eigenvalue weighted by Crippen LogP contribution is -2.40. The number of hydrogen-bond acceptors (Lipinski definition) is 6. The van der Waals surface area contributed by atoms with E-state index in [1.165, 1.54) is 12.1 Å². The number of hydrogen-bond donors (Lipinski definition) is 0. The number of fused-ring (bicyclic) bond motifs is 1. The van der Waals surface area contributed by atoms with E-state index in [1.54, 1.807) is 11.8 Å². The van der Waals surface area contributed by atoms with Gasteiger partial charge in [-0.15, -0.1) is 0 Å². The number of piperidine rings is 1. The third-order valence-corrected chi connectivity index (χ3v) is 6.63. The highest BCUT2D eigenvalue weighted by Crippen LogP contribution is 2.33. The van der Waals surface area contributed by atoms with E-state index < -0.39 is 11.6 Å². The summed E-state index contributed by atoms with van der Waals surface area (Å²) in [6.07, 6.45) is 4.73. The average Bonchev–Trinajstić information content (AvgIpc) is 2.85. The maximum atomic E-state index is 14.0. The Kier molecular flexibility index (Phi) is 6.45. The van der Waals surface area contributed by atoms with E-state index >= 15 is 0 Å². The highest BCUT2D eigenvalue weighted by Gasteiger charge is 2.29. The molecule has 1 amide bonds. The molecule has 180 valence electrons. The highest BCUT2D eigenvalue weighted by atomic mass is 19.1. The van der Waals surface area contributed by atoms with E-state index in [-0.39, 0.29) is 17.8 Å². The van der Waals surface area contributed by atoms with Crippen LogP contribution in [0.3, 0.4) is 0 Å². The molecule has 1 aromatic carbocycles. The zero-order chi connectivity index (χ0) is 23.7. The maximum absolute atomic E-state index is 14.0. The van der Waals surface area contributed by atoms with Crippen LogP contribution >= 0.6 is 0 Å². The number of amides is 1. The molecular formula is C25H28F2N4O3. The van der Waals surface area contributed by atoms with E-state index in [9.17, 15) is 13.6 Å². The van der Waals surface area contributed by atoms with E-state index in [0.29, 0.717) is 58.7 Å². The molecule has 3 aliphatic rings. The topological polar surface area (TPSA) is 67.8 Å². The molecule has 5 rings (SSSR count). The van der Waals surface area contributed by atoms with Gasteiger partial charge in [0.2, 0.25) is 5.91 Å². The van der Waals surface area contributed by atoms with Crippen molar-refractivity contribution in [2.45, 2.75) is 45.3 Å². The number of ether oxygens (including phenoxy) is 2. The summed E-state index contributed by atoms with van der Waals surface area (Å²) in [6, 6.07) is 3.39. The second-order valence-electron chi connectivity index (χ2n) is 8.91. The van der Waals surface area contributed by atoms with Crippen molar-refractivity contribution in [3.63, 3.8) is 0 Å². The van der Waals surface area contributed by atoms with E-state index in [0.717, 1.165) is 41.0 Å². The monoisotopic (exact) mass is 470 g/mol. The molecule has 0 N–H and O–H groups in total. The molecule has 0 atom stereocenters. The number of halogens is 2. The molecule has 7 nitrogen and oxygen atoms in total. The number of benzene rings is 1. The number of carbonyl (C=O) groups is 1. The molecule has 0 radical (unpaired) electrons. The van der Waals surface area contributed by atoms with E-state index in [1.807, 2.05) is 0 Å². The van der Waals surface area contributed by atoms with Gasteiger partial charge in [-0.05, 0) is 24.1 Å². The first-order valence-electron chi connectivity index (χ1n) is 11.8. The van der Waals surface area contributed by atoms with Crippen molar-refractivity contribution in [1.29, 1.82) is 0 Å². The Balaban J connectivity index is 1.36. The van der Waals surface area contributed by atoms with Gasteiger partial charge in [0.1, 0.15) is 17.6 Å². The molecular weight excluding hydrogens is 442 g/mol. The van der Waals surface area contributed by atoms with Crippen molar-refractivity contribution >= 4 is 17.3 Å². The smallest absolute Gasteiger partial charge is 0.219 e. The maximum Gasteiger partial charge on any atom is 0.219 e. The fourth-order valence-corrected chi connectivity index (χ4v) is 4.70. The summed E-state index contributed by atoms with van der Waals surface area (Å²) in [5, 5.41) is 0. The fourth-order valence-electron chi connectivity index (χ4n) is 4.70. The summed E-state index contributed by atoms with van der Waals surface area (Å²) in [4.78, 5) is 26.0. The van der Waals surface area contributed by atoms with Crippen molar-refractivity contribution in [3.05, 3.63) is 53.0 Å². The molecule has 1 aromatic heterocycles. The van der Waals surface area contributed by atoms with Crippen molar-refractivity contribution in [3.8, 4) is 5.75 Å². The Labute approximate surface area is 197 Å². The molecule has 4 heterocycles. The Bertz CT molecular complexity index is 1120. The van der Waals surface area contributed by atoms with Crippen LogP contribution in [-0.4, -0.2) is 59.7 Å². The van der Waals surface area contributed by atoms with Crippen LogP contribution in [0.1, 0.15) is 43.3 Å². The number of rotatable bonds is 4. The largest absolute Gasteiger partial charge is 0.487 e. The first kappa shape index (κ1) is 22.7. The molecule has 2 aromatic rings. The van der Waals surface area contributed by atoms with Gasteiger partial charge in [0.05, 0.1) is 31.1 Å². The summed E-state index contributed by atoms with van der Waals surface area (Å²) < 4.78 is 38.5. The average molecular weight is 471 g/mol. The number of aromatic nitrogens is 2. The second-order valence-corrected chi connectivity index (χ2v) is 8.91. The molecule has 0 saturated carbocycles. The summed E-state index contributed by atoms with van der Waals surface area (Å²) in [6.45, 7) is 5.28. The molecule has 1 fully saturated rings. The lowest BCUT2D eigenvalue weighted by Gasteiger charge is -2.35. The first-order chi connectivity index (χ1) is 16.5. The van der Waals surface area contributed by atoms with Crippen LogP contribution in [0, 0.1) is 11.6 Å². The Morgan fingerprint density at radius 1 is 1.12 bits per heavy atom. The summed E-state index contributed by atoms with van der Waals surface area (Å²) in [5.41, 5.74) is 3.77. The first-order valence-corrected chi connectivity index (χ1v) is 11.8. The van der Waals surface area contributed by atoms with Gasteiger partial charge in [-0.3, -0.25) is 4.79 Å². The number of anilines is 1. The minimum Gasteiger partial charge on any atom is -0.487 e. The van der Waals surface area contributed by atoms with Crippen LogP contribution in [0.2, 0.25) is 0 Å². The summed E-state index contributed by atoms with van der Waals surface area (Å²) in [7, 11) is 0. The normalized spacial score (nSPS) is 19.0. The number of carbonyl (C=O) groups excluding carboxylic acids is 1. The minimum atomic E-state index is -0.684. The Hall–Kier alpha value is -3.07. The summed E-state index contributed by atoms with van der Waals surface area (Å²) >= 11 is 0. The van der Waals surface area contributed by atoms with E-state index in [4.69, 9.17) is 19.4 Å². The van der Waals surface area contributed by atoms with Gasteiger partial charge in [-0.1, -0.05) is 6.08 Å². The van der Waals surface area contributed by atoms with Crippen LogP contribution in [0.25, 0.3) is 5.57 Å². The Morgan fingerprint density at radius 3 is 2.65 bits per heavy atom.